The van der Waals surface area contributed by atoms with Crippen molar-refractivity contribution in [2.24, 2.45) is 11.8 Å². The Morgan fingerprint density at radius 2 is 1.58 bits per heavy atom. The number of halogens is 1. The van der Waals surface area contributed by atoms with E-state index in [4.69, 9.17) is 0 Å². The van der Waals surface area contributed by atoms with Crippen molar-refractivity contribution in [2.75, 3.05) is 25.0 Å². The van der Waals surface area contributed by atoms with Gasteiger partial charge in [-0.3, -0.25) is 0 Å². The molecule has 2 aliphatic rings. The third kappa shape index (κ3) is 4.32. The summed E-state index contributed by atoms with van der Waals surface area (Å²) in [5, 5.41) is 1.07. The van der Waals surface area contributed by atoms with Gasteiger partial charge in [-0.2, -0.15) is 0 Å². The number of benzene rings is 1. The topological polar surface area (TPSA) is 3.24 Å². The molecule has 0 radical (unpaired) electrons. The SMILES string of the molecule is BrCC(CN(CC1CC1)CC1CC1)c1ccccc1. The van der Waals surface area contributed by atoms with Gasteiger partial charge in [0.15, 0.2) is 0 Å². The Morgan fingerprint density at radius 3 is 2.05 bits per heavy atom. The fraction of sp³-hybridized carbons (Fsp3) is 0.647. The Balaban J connectivity index is 1.60. The molecule has 0 aliphatic heterocycles. The number of nitrogens with zero attached hydrogens (tertiary/aromatic N) is 1. The lowest BCUT2D eigenvalue weighted by Gasteiger charge is -2.27. The van der Waals surface area contributed by atoms with Gasteiger partial charge in [0.05, 0.1) is 0 Å². The maximum atomic E-state index is 3.72. The van der Waals surface area contributed by atoms with E-state index in [1.165, 1.54) is 50.9 Å². The summed E-state index contributed by atoms with van der Waals surface area (Å²) < 4.78 is 0. The van der Waals surface area contributed by atoms with E-state index in [2.05, 4.69) is 51.2 Å². The van der Waals surface area contributed by atoms with Crippen molar-refractivity contribution < 1.29 is 0 Å². The van der Waals surface area contributed by atoms with Crippen LogP contribution < -0.4 is 0 Å². The van der Waals surface area contributed by atoms with E-state index < -0.39 is 0 Å². The minimum atomic E-state index is 0.638. The molecule has 1 aromatic rings. The van der Waals surface area contributed by atoms with Gasteiger partial charge in [-0.15, -0.1) is 0 Å². The van der Waals surface area contributed by atoms with E-state index in [1.54, 1.807) is 0 Å². The zero-order valence-corrected chi connectivity index (χ0v) is 13.2. The van der Waals surface area contributed by atoms with Crippen molar-refractivity contribution in [2.45, 2.75) is 31.6 Å². The Hall–Kier alpha value is -0.340. The number of rotatable bonds is 8. The summed E-state index contributed by atoms with van der Waals surface area (Å²) >= 11 is 3.72. The Morgan fingerprint density at radius 1 is 1.00 bits per heavy atom. The molecular formula is C17H24BrN. The first-order valence-electron chi connectivity index (χ1n) is 7.68. The molecular weight excluding hydrogens is 298 g/mol. The summed E-state index contributed by atoms with van der Waals surface area (Å²) in [6.07, 6.45) is 5.86. The van der Waals surface area contributed by atoms with Crippen LogP contribution >= 0.6 is 15.9 Å². The van der Waals surface area contributed by atoms with Gasteiger partial charge >= 0.3 is 0 Å². The molecule has 2 heteroatoms. The number of hydrogen-bond donors (Lipinski definition) is 0. The molecule has 2 saturated carbocycles. The molecule has 1 atom stereocenters. The molecule has 1 nitrogen and oxygen atoms in total. The minimum Gasteiger partial charge on any atom is -0.302 e. The molecule has 2 aliphatic carbocycles. The maximum Gasteiger partial charge on any atom is 0.0112 e. The van der Waals surface area contributed by atoms with Crippen molar-refractivity contribution in [1.29, 1.82) is 0 Å². The van der Waals surface area contributed by atoms with Crippen LogP contribution in [0.15, 0.2) is 30.3 Å². The van der Waals surface area contributed by atoms with Crippen molar-refractivity contribution in [3.8, 4) is 0 Å². The first-order valence-corrected chi connectivity index (χ1v) is 8.80. The van der Waals surface area contributed by atoms with Crippen molar-refractivity contribution >= 4 is 15.9 Å². The van der Waals surface area contributed by atoms with Crippen LogP contribution in [-0.2, 0) is 0 Å². The standard InChI is InChI=1S/C17H24BrN/c18-10-17(16-4-2-1-3-5-16)13-19(11-14-6-7-14)12-15-8-9-15/h1-5,14-15,17H,6-13H2. The summed E-state index contributed by atoms with van der Waals surface area (Å²) in [5.41, 5.74) is 1.48. The molecule has 2 fully saturated rings. The van der Waals surface area contributed by atoms with E-state index in [1.807, 2.05) is 0 Å². The highest BCUT2D eigenvalue weighted by Gasteiger charge is 2.30. The molecule has 0 bridgehead atoms. The largest absolute Gasteiger partial charge is 0.302 e. The summed E-state index contributed by atoms with van der Waals surface area (Å²) in [5.74, 6) is 2.65. The fourth-order valence-corrected chi connectivity index (χ4v) is 3.41. The van der Waals surface area contributed by atoms with Crippen molar-refractivity contribution in [3.63, 3.8) is 0 Å². The predicted molar refractivity (Wildman–Crippen MR) is 84.9 cm³/mol. The van der Waals surface area contributed by atoms with Gasteiger partial charge < -0.3 is 4.90 Å². The molecule has 0 amide bonds. The van der Waals surface area contributed by atoms with Crippen LogP contribution in [0.2, 0.25) is 0 Å². The molecule has 1 unspecified atom stereocenters. The molecule has 104 valence electrons. The van der Waals surface area contributed by atoms with Crippen LogP contribution in [0, 0.1) is 11.8 Å². The van der Waals surface area contributed by atoms with Gasteiger partial charge in [0.1, 0.15) is 0 Å². The summed E-state index contributed by atoms with van der Waals surface area (Å²) in [7, 11) is 0. The van der Waals surface area contributed by atoms with Crippen LogP contribution in [0.25, 0.3) is 0 Å². The summed E-state index contributed by atoms with van der Waals surface area (Å²) in [4.78, 5) is 2.74. The van der Waals surface area contributed by atoms with Crippen LogP contribution in [0.5, 0.6) is 0 Å². The molecule has 19 heavy (non-hydrogen) atoms. The molecule has 0 N–H and O–H groups in total. The van der Waals surface area contributed by atoms with E-state index >= 15 is 0 Å². The first-order chi connectivity index (χ1) is 9.35. The lowest BCUT2D eigenvalue weighted by atomic mass is 10.0. The van der Waals surface area contributed by atoms with Gasteiger partial charge in [-0.1, -0.05) is 46.3 Å². The van der Waals surface area contributed by atoms with E-state index in [0.717, 1.165) is 17.2 Å². The van der Waals surface area contributed by atoms with Crippen molar-refractivity contribution in [1.82, 2.24) is 4.90 Å². The Kier molecular flexibility index (Phi) is 4.60. The second-order valence-electron chi connectivity index (χ2n) is 6.37. The maximum absolute atomic E-state index is 3.72. The Bertz CT molecular complexity index is 370. The van der Waals surface area contributed by atoms with Gasteiger partial charge in [0, 0.05) is 30.9 Å². The number of hydrogen-bond acceptors (Lipinski definition) is 1. The second kappa shape index (κ2) is 6.41. The van der Waals surface area contributed by atoms with E-state index in [-0.39, 0.29) is 0 Å². The molecule has 0 aromatic heterocycles. The normalized spacial score (nSPS) is 20.7. The Labute approximate surface area is 125 Å². The van der Waals surface area contributed by atoms with Crippen molar-refractivity contribution in [3.05, 3.63) is 35.9 Å². The molecule has 1 aromatic carbocycles. The highest BCUT2D eigenvalue weighted by molar-refractivity contribution is 9.09. The van der Waals surface area contributed by atoms with Gasteiger partial charge in [0.2, 0.25) is 0 Å². The second-order valence-corrected chi connectivity index (χ2v) is 7.01. The third-order valence-corrected chi connectivity index (χ3v) is 5.14. The van der Waals surface area contributed by atoms with Gasteiger partial charge in [-0.25, -0.2) is 0 Å². The molecule has 0 heterocycles. The smallest absolute Gasteiger partial charge is 0.0112 e. The minimum absolute atomic E-state index is 0.638. The highest BCUT2D eigenvalue weighted by Crippen LogP contribution is 2.34. The van der Waals surface area contributed by atoms with Crippen LogP contribution in [0.3, 0.4) is 0 Å². The lowest BCUT2D eigenvalue weighted by Crippen LogP contribution is -2.33. The third-order valence-electron chi connectivity index (χ3n) is 4.36. The van der Waals surface area contributed by atoms with Crippen LogP contribution in [0.1, 0.15) is 37.2 Å². The fourth-order valence-electron chi connectivity index (χ4n) is 2.83. The summed E-state index contributed by atoms with van der Waals surface area (Å²) in [6, 6.07) is 11.0. The first kappa shape index (κ1) is 13.6. The lowest BCUT2D eigenvalue weighted by molar-refractivity contribution is 0.242. The molecule has 0 saturated heterocycles. The van der Waals surface area contributed by atoms with E-state index in [0.29, 0.717) is 5.92 Å². The van der Waals surface area contributed by atoms with Crippen LogP contribution in [-0.4, -0.2) is 29.9 Å². The average Bonchev–Trinajstić information content (AvgIpc) is 3.33. The zero-order chi connectivity index (χ0) is 13.1. The molecule has 3 rings (SSSR count). The molecule has 0 spiro atoms. The predicted octanol–water partition coefficient (Wildman–Crippen LogP) is 4.29. The quantitative estimate of drug-likeness (QED) is 0.646. The van der Waals surface area contributed by atoms with Crippen LogP contribution in [0.4, 0.5) is 0 Å². The average molecular weight is 322 g/mol. The van der Waals surface area contributed by atoms with Gasteiger partial charge in [-0.05, 0) is 43.1 Å². The van der Waals surface area contributed by atoms with E-state index in [9.17, 15) is 0 Å². The number of alkyl halides is 1. The van der Waals surface area contributed by atoms with Gasteiger partial charge in [0.25, 0.3) is 0 Å². The summed E-state index contributed by atoms with van der Waals surface area (Å²) in [6.45, 7) is 3.90. The monoisotopic (exact) mass is 321 g/mol. The highest BCUT2D eigenvalue weighted by atomic mass is 79.9. The zero-order valence-electron chi connectivity index (χ0n) is 11.6.